The second-order valence-electron chi connectivity index (χ2n) is 4.40. The summed E-state index contributed by atoms with van der Waals surface area (Å²) in [6.45, 7) is 0. The molecule has 0 radical (unpaired) electrons. The van der Waals surface area contributed by atoms with E-state index in [1.54, 1.807) is 35.7 Å². The van der Waals surface area contributed by atoms with Gasteiger partial charge >= 0.3 is 0 Å². The lowest BCUT2D eigenvalue weighted by Gasteiger charge is -2.07. The van der Waals surface area contributed by atoms with Crippen molar-refractivity contribution >= 4 is 28.0 Å². The number of rotatable bonds is 3. The highest BCUT2D eigenvalue weighted by atomic mass is 32.1. The van der Waals surface area contributed by atoms with Crippen molar-refractivity contribution in [3.63, 3.8) is 0 Å². The Morgan fingerprint density at radius 3 is 2.81 bits per heavy atom. The number of hydrogen-bond acceptors (Lipinski definition) is 5. The molecule has 0 atom stereocenters. The fourth-order valence-corrected chi connectivity index (χ4v) is 2.79. The first kappa shape index (κ1) is 13.4. The summed E-state index contributed by atoms with van der Waals surface area (Å²) < 4.78 is 5.09. The number of methoxy groups -OCH3 is 1. The van der Waals surface area contributed by atoms with Gasteiger partial charge < -0.3 is 14.8 Å². The highest BCUT2D eigenvalue weighted by Gasteiger charge is 2.21. The Morgan fingerprint density at radius 1 is 1.33 bits per heavy atom. The minimum Gasteiger partial charge on any atom is -0.506 e. The number of H-pyrrole nitrogens is 1. The topological polar surface area (TPSA) is 79.4 Å². The molecule has 0 amide bonds. The largest absolute Gasteiger partial charge is 0.506 e. The molecule has 6 heteroatoms. The van der Waals surface area contributed by atoms with Crippen molar-refractivity contribution in [2.75, 3.05) is 7.11 Å². The summed E-state index contributed by atoms with van der Waals surface area (Å²) in [6.07, 6.45) is 0. The number of aromatic nitrogens is 1. The summed E-state index contributed by atoms with van der Waals surface area (Å²) in [7, 11) is 1.50. The number of ether oxygens (including phenoxy) is 1. The van der Waals surface area contributed by atoms with Gasteiger partial charge in [0, 0.05) is 5.39 Å². The summed E-state index contributed by atoms with van der Waals surface area (Å²) in [5.74, 6) is -0.293. The SMILES string of the molecule is COc1ccc2[nH]c(=O)c(C(=O)c3cccs3)c(O)c2c1. The molecule has 0 spiro atoms. The van der Waals surface area contributed by atoms with Gasteiger partial charge in [0.25, 0.3) is 5.56 Å². The molecule has 5 nitrogen and oxygen atoms in total. The molecule has 0 saturated heterocycles. The van der Waals surface area contributed by atoms with Crippen LogP contribution in [0.15, 0.2) is 40.5 Å². The van der Waals surface area contributed by atoms with Crippen LogP contribution in [0.1, 0.15) is 15.2 Å². The molecule has 0 fully saturated rings. The molecule has 0 saturated carbocycles. The first-order valence-electron chi connectivity index (χ1n) is 6.13. The Balaban J connectivity index is 2.28. The van der Waals surface area contributed by atoms with E-state index in [1.807, 2.05) is 0 Å². The van der Waals surface area contributed by atoms with Gasteiger partial charge in [0.05, 0.1) is 17.5 Å². The van der Waals surface area contributed by atoms with Crippen molar-refractivity contribution in [2.24, 2.45) is 0 Å². The normalized spacial score (nSPS) is 10.7. The van der Waals surface area contributed by atoms with Gasteiger partial charge in [0.1, 0.15) is 17.1 Å². The zero-order chi connectivity index (χ0) is 15.0. The summed E-state index contributed by atoms with van der Waals surface area (Å²) >= 11 is 1.22. The molecule has 0 aliphatic rings. The van der Waals surface area contributed by atoms with Crippen molar-refractivity contribution in [1.29, 1.82) is 0 Å². The molecule has 2 heterocycles. The zero-order valence-corrected chi connectivity index (χ0v) is 11.9. The lowest BCUT2D eigenvalue weighted by molar-refractivity contribution is 0.103. The Bertz CT molecular complexity index is 881. The van der Waals surface area contributed by atoms with Crippen LogP contribution in [-0.4, -0.2) is 23.0 Å². The third-order valence-electron chi connectivity index (χ3n) is 3.17. The molecule has 0 aliphatic heterocycles. The number of thiophene rings is 1. The van der Waals surface area contributed by atoms with Crippen LogP contribution in [0.5, 0.6) is 11.5 Å². The second-order valence-corrected chi connectivity index (χ2v) is 5.34. The van der Waals surface area contributed by atoms with Crippen LogP contribution in [0.2, 0.25) is 0 Å². The van der Waals surface area contributed by atoms with Gasteiger partial charge in [-0.1, -0.05) is 6.07 Å². The number of nitrogens with one attached hydrogen (secondary N) is 1. The van der Waals surface area contributed by atoms with E-state index in [9.17, 15) is 14.7 Å². The maximum atomic E-state index is 12.3. The number of carbonyl (C=O) groups excluding carboxylic acids is 1. The predicted octanol–water partition coefficient (Wildman–Crippen LogP) is 2.53. The first-order valence-corrected chi connectivity index (χ1v) is 7.01. The quantitative estimate of drug-likeness (QED) is 0.729. The maximum absolute atomic E-state index is 12.3. The van der Waals surface area contributed by atoms with Gasteiger partial charge in [0.15, 0.2) is 0 Å². The van der Waals surface area contributed by atoms with Crippen LogP contribution in [-0.2, 0) is 0 Å². The smallest absolute Gasteiger partial charge is 0.263 e. The molecule has 3 rings (SSSR count). The molecule has 2 aromatic heterocycles. The molecule has 0 bridgehead atoms. The van der Waals surface area contributed by atoms with Crippen LogP contribution in [0, 0.1) is 0 Å². The molecule has 21 heavy (non-hydrogen) atoms. The van der Waals surface area contributed by atoms with Gasteiger partial charge in [-0.3, -0.25) is 9.59 Å². The molecular formula is C15H11NO4S. The Labute approximate surface area is 123 Å². The molecule has 1 aromatic carbocycles. The minimum atomic E-state index is -0.608. The number of ketones is 1. The van der Waals surface area contributed by atoms with Crippen LogP contribution < -0.4 is 10.3 Å². The Morgan fingerprint density at radius 2 is 2.14 bits per heavy atom. The van der Waals surface area contributed by atoms with Gasteiger partial charge in [0.2, 0.25) is 5.78 Å². The van der Waals surface area contributed by atoms with E-state index >= 15 is 0 Å². The monoisotopic (exact) mass is 301 g/mol. The lowest BCUT2D eigenvalue weighted by atomic mass is 10.1. The molecule has 0 aliphatic carbocycles. The average molecular weight is 301 g/mol. The highest BCUT2D eigenvalue weighted by molar-refractivity contribution is 7.12. The van der Waals surface area contributed by atoms with E-state index in [2.05, 4.69) is 4.98 Å². The van der Waals surface area contributed by atoms with E-state index in [0.717, 1.165) is 0 Å². The van der Waals surface area contributed by atoms with Crippen LogP contribution in [0.3, 0.4) is 0 Å². The van der Waals surface area contributed by atoms with Crippen molar-refractivity contribution in [3.8, 4) is 11.5 Å². The first-order chi connectivity index (χ1) is 10.1. The number of aromatic hydroxyl groups is 1. The number of fused-ring (bicyclic) bond motifs is 1. The van der Waals surface area contributed by atoms with E-state index in [0.29, 0.717) is 21.5 Å². The molecule has 2 N–H and O–H groups in total. The minimum absolute atomic E-state index is 0.252. The summed E-state index contributed by atoms with van der Waals surface area (Å²) in [5.41, 5.74) is -0.414. The summed E-state index contributed by atoms with van der Waals surface area (Å²) in [4.78, 5) is 27.4. The predicted molar refractivity (Wildman–Crippen MR) is 80.5 cm³/mol. The van der Waals surface area contributed by atoms with Crippen molar-refractivity contribution < 1.29 is 14.6 Å². The lowest BCUT2D eigenvalue weighted by Crippen LogP contribution is -2.18. The van der Waals surface area contributed by atoms with Crippen LogP contribution >= 0.6 is 11.3 Å². The van der Waals surface area contributed by atoms with Gasteiger partial charge in [-0.05, 0) is 29.6 Å². The molecular weight excluding hydrogens is 290 g/mol. The zero-order valence-electron chi connectivity index (χ0n) is 11.0. The van der Waals surface area contributed by atoms with E-state index in [-0.39, 0.29) is 11.3 Å². The second kappa shape index (κ2) is 5.06. The number of pyridine rings is 1. The van der Waals surface area contributed by atoms with Crippen molar-refractivity contribution in [1.82, 2.24) is 4.98 Å². The van der Waals surface area contributed by atoms with Gasteiger partial charge in [-0.15, -0.1) is 11.3 Å². The van der Waals surface area contributed by atoms with E-state index in [4.69, 9.17) is 4.74 Å². The number of aromatic amines is 1. The molecule has 0 unspecified atom stereocenters. The highest BCUT2D eigenvalue weighted by Crippen LogP contribution is 2.30. The number of carbonyl (C=O) groups is 1. The van der Waals surface area contributed by atoms with Gasteiger partial charge in [-0.2, -0.15) is 0 Å². The Hall–Kier alpha value is -2.60. The molecule has 106 valence electrons. The number of benzene rings is 1. The summed E-state index contributed by atoms with van der Waals surface area (Å²) in [5, 5.41) is 12.4. The third-order valence-corrected chi connectivity index (χ3v) is 4.03. The van der Waals surface area contributed by atoms with Crippen molar-refractivity contribution in [3.05, 3.63) is 56.5 Å². The van der Waals surface area contributed by atoms with E-state index in [1.165, 1.54) is 18.4 Å². The number of hydrogen-bond donors (Lipinski definition) is 2. The maximum Gasteiger partial charge on any atom is 0.263 e. The third kappa shape index (κ3) is 2.19. The Kier molecular flexibility index (Phi) is 3.23. The standard InChI is InChI=1S/C15H11NO4S/c1-20-8-4-5-10-9(7-8)13(17)12(15(19)16-10)14(18)11-3-2-6-21-11/h2-7H,1H3,(H2,16,17,19). The van der Waals surface area contributed by atoms with Crippen LogP contribution in [0.25, 0.3) is 10.9 Å². The fraction of sp³-hybridized carbons (Fsp3) is 0.0667. The summed E-state index contributed by atoms with van der Waals surface area (Å²) in [6, 6.07) is 8.19. The average Bonchev–Trinajstić information content (AvgIpc) is 3.01. The van der Waals surface area contributed by atoms with Gasteiger partial charge in [-0.25, -0.2) is 0 Å². The van der Waals surface area contributed by atoms with Crippen LogP contribution in [0.4, 0.5) is 0 Å². The fourth-order valence-electron chi connectivity index (χ4n) is 2.12. The van der Waals surface area contributed by atoms with E-state index < -0.39 is 11.3 Å². The molecule has 3 aromatic rings. The van der Waals surface area contributed by atoms with Crippen molar-refractivity contribution in [2.45, 2.75) is 0 Å².